The second kappa shape index (κ2) is 13.6. The molecule has 3 unspecified atom stereocenters. The highest BCUT2D eigenvalue weighted by Crippen LogP contribution is 2.39. The molecule has 0 saturated carbocycles. The van der Waals surface area contributed by atoms with Gasteiger partial charge in [-0.2, -0.15) is 0 Å². The first-order chi connectivity index (χ1) is 18.7. The largest absolute Gasteiger partial charge is 0.496 e. The third kappa shape index (κ3) is 8.58. The van der Waals surface area contributed by atoms with Gasteiger partial charge in [-0.3, -0.25) is 9.59 Å². The van der Waals surface area contributed by atoms with Gasteiger partial charge in [0.15, 0.2) is 6.17 Å². The molecule has 0 radical (unpaired) electrons. The van der Waals surface area contributed by atoms with Gasteiger partial charge < -0.3 is 46.2 Å². The van der Waals surface area contributed by atoms with Crippen LogP contribution in [0.3, 0.4) is 0 Å². The molecule has 0 fully saturated rings. The SMILES string of the molecule is COC(=O)C(N)Cc1ccc(OC)c(-c2cc(C(NC(=O)OC(C)(C)C)C(=O)NC(N)C(=O)O)ccc2OC)c1. The highest BCUT2D eigenvalue weighted by atomic mass is 16.6. The second-order valence-electron chi connectivity index (χ2n) is 9.73. The molecule has 0 aromatic heterocycles. The number of hydrogen-bond acceptors (Lipinski definition) is 10. The first-order valence-corrected chi connectivity index (χ1v) is 12.2. The average Bonchev–Trinajstić information content (AvgIpc) is 2.89. The van der Waals surface area contributed by atoms with Crippen molar-refractivity contribution in [2.24, 2.45) is 11.5 Å². The minimum atomic E-state index is -1.72. The molecule has 0 aliphatic carbocycles. The molecule has 7 N–H and O–H groups in total. The number of methoxy groups -OCH3 is 3. The van der Waals surface area contributed by atoms with Gasteiger partial charge in [-0.1, -0.05) is 12.1 Å². The van der Waals surface area contributed by atoms with Gasteiger partial charge in [0, 0.05) is 11.1 Å². The van der Waals surface area contributed by atoms with Gasteiger partial charge in [0.05, 0.1) is 21.3 Å². The molecular formula is C27H36N4O9. The number of hydrogen-bond donors (Lipinski definition) is 5. The molecule has 0 heterocycles. The number of amides is 2. The number of carbonyl (C=O) groups excluding carboxylic acids is 3. The van der Waals surface area contributed by atoms with Gasteiger partial charge in [0.2, 0.25) is 5.91 Å². The summed E-state index contributed by atoms with van der Waals surface area (Å²) in [5.74, 6) is -2.08. The zero-order valence-corrected chi connectivity index (χ0v) is 23.3. The Morgan fingerprint density at radius 1 is 0.900 bits per heavy atom. The van der Waals surface area contributed by atoms with Crippen LogP contribution in [-0.2, 0) is 30.3 Å². The summed E-state index contributed by atoms with van der Waals surface area (Å²) in [6.45, 7) is 4.95. The Hall–Kier alpha value is -4.36. The van der Waals surface area contributed by atoms with Gasteiger partial charge in [-0.05, 0) is 62.6 Å². The predicted octanol–water partition coefficient (Wildman–Crippen LogP) is 1.47. The first-order valence-electron chi connectivity index (χ1n) is 12.2. The van der Waals surface area contributed by atoms with Crippen molar-refractivity contribution in [3.8, 4) is 22.6 Å². The van der Waals surface area contributed by atoms with Crippen LogP contribution in [0.15, 0.2) is 36.4 Å². The highest BCUT2D eigenvalue weighted by Gasteiger charge is 2.29. The number of rotatable bonds is 11. The molecule has 218 valence electrons. The Bertz CT molecular complexity index is 1240. The third-order valence-corrected chi connectivity index (χ3v) is 5.56. The fourth-order valence-electron chi connectivity index (χ4n) is 3.72. The standard InChI is InChI=1S/C27H36N4O9/c1-27(2,3)40-26(36)30-21(23(32)31-22(29)24(33)34)15-8-10-20(38-5)17(13-15)16-11-14(7-9-19(16)37-4)12-18(28)25(35)39-6/h7-11,13,18,21-22H,12,28-29H2,1-6H3,(H,30,36)(H,31,32)(H,33,34). The maximum atomic E-state index is 13.1. The summed E-state index contributed by atoms with van der Waals surface area (Å²) in [4.78, 5) is 48.8. The lowest BCUT2D eigenvalue weighted by Crippen LogP contribution is -2.51. The van der Waals surface area contributed by atoms with E-state index in [9.17, 15) is 19.2 Å². The van der Waals surface area contributed by atoms with E-state index in [1.54, 1.807) is 51.1 Å². The van der Waals surface area contributed by atoms with Crippen molar-refractivity contribution < 1.29 is 43.2 Å². The van der Waals surface area contributed by atoms with Crippen molar-refractivity contribution in [1.82, 2.24) is 10.6 Å². The van der Waals surface area contributed by atoms with Crippen LogP contribution in [0.2, 0.25) is 0 Å². The van der Waals surface area contributed by atoms with Crippen molar-refractivity contribution in [3.05, 3.63) is 47.5 Å². The first kappa shape index (κ1) is 31.9. The lowest BCUT2D eigenvalue weighted by Gasteiger charge is -2.25. The number of aliphatic carboxylic acids is 1. The Kier molecular flexibility index (Phi) is 10.9. The van der Waals surface area contributed by atoms with Crippen molar-refractivity contribution in [2.45, 2.75) is 51.0 Å². The molecule has 0 spiro atoms. The summed E-state index contributed by atoms with van der Waals surface area (Å²) in [5.41, 5.74) is 12.5. The molecule has 40 heavy (non-hydrogen) atoms. The van der Waals surface area contributed by atoms with Crippen molar-refractivity contribution in [3.63, 3.8) is 0 Å². The van der Waals surface area contributed by atoms with E-state index < -0.39 is 47.8 Å². The maximum Gasteiger partial charge on any atom is 0.408 e. The van der Waals surface area contributed by atoms with Gasteiger partial charge >= 0.3 is 18.0 Å². The molecule has 13 heteroatoms. The highest BCUT2D eigenvalue weighted by molar-refractivity contribution is 5.90. The van der Waals surface area contributed by atoms with E-state index in [4.69, 9.17) is 35.5 Å². The van der Waals surface area contributed by atoms with Gasteiger partial charge in [-0.25, -0.2) is 9.59 Å². The van der Waals surface area contributed by atoms with Crippen LogP contribution < -0.4 is 31.6 Å². The quantitative estimate of drug-likeness (QED) is 0.197. The summed E-state index contributed by atoms with van der Waals surface area (Å²) in [6, 6.07) is 7.57. The lowest BCUT2D eigenvalue weighted by atomic mass is 9.94. The smallest absolute Gasteiger partial charge is 0.408 e. The Labute approximate surface area is 232 Å². The van der Waals surface area contributed by atoms with Crippen molar-refractivity contribution in [2.75, 3.05) is 21.3 Å². The molecule has 3 atom stereocenters. The number of carbonyl (C=O) groups is 4. The van der Waals surface area contributed by atoms with Gasteiger partial charge in [-0.15, -0.1) is 0 Å². The number of carboxylic acid groups (broad SMARTS) is 1. The second-order valence-corrected chi connectivity index (χ2v) is 9.73. The minimum Gasteiger partial charge on any atom is -0.496 e. The van der Waals surface area contributed by atoms with Gasteiger partial charge in [0.1, 0.15) is 29.2 Å². The van der Waals surface area contributed by atoms with E-state index in [-0.39, 0.29) is 12.0 Å². The van der Waals surface area contributed by atoms with E-state index in [0.29, 0.717) is 28.2 Å². The zero-order valence-electron chi connectivity index (χ0n) is 23.3. The van der Waals surface area contributed by atoms with E-state index in [0.717, 1.165) is 0 Å². The predicted molar refractivity (Wildman–Crippen MR) is 145 cm³/mol. The monoisotopic (exact) mass is 560 g/mol. The van der Waals surface area contributed by atoms with Crippen LogP contribution in [0.25, 0.3) is 11.1 Å². The topological polar surface area (TPSA) is 202 Å². The number of nitrogens with one attached hydrogen (secondary N) is 2. The lowest BCUT2D eigenvalue weighted by molar-refractivity contribution is -0.142. The summed E-state index contributed by atoms with van der Waals surface area (Å²) < 4.78 is 21.1. The van der Waals surface area contributed by atoms with Crippen molar-refractivity contribution >= 4 is 23.9 Å². The normalized spacial score (nSPS) is 13.3. The summed E-state index contributed by atoms with van der Waals surface area (Å²) >= 11 is 0. The molecular weight excluding hydrogens is 524 g/mol. The van der Waals surface area contributed by atoms with Gasteiger partial charge in [0.25, 0.3) is 0 Å². The Morgan fingerprint density at radius 2 is 1.48 bits per heavy atom. The molecule has 2 rings (SSSR count). The molecule has 2 aromatic rings. The maximum absolute atomic E-state index is 13.1. The van der Waals surface area contributed by atoms with Crippen molar-refractivity contribution in [1.29, 1.82) is 0 Å². The van der Waals surface area contributed by atoms with Crippen LogP contribution >= 0.6 is 0 Å². The van der Waals surface area contributed by atoms with E-state index in [2.05, 4.69) is 10.6 Å². The summed E-state index contributed by atoms with van der Waals surface area (Å²) in [6.07, 6.45) is -2.46. The minimum absolute atomic E-state index is 0.171. The number of benzene rings is 2. The number of esters is 1. The number of carboxylic acids is 1. The summed E-state index contributed by atoms with van der Waals surface area (Å²) in [5, 5.41) is 13.8. The van der Waals surface area contributed by atoms with Crippen LogP contribution in [0.4, 0.5) is 4.79 Å². The molecule has 13 nitrogen and oxygen atoms in total. The molecule has 0 aliphatic rings. The number of ether oxygens (including phenoxy) is 4. The van der Waals surface area contributed by atoms with Crippen LogP contribution in [-0.4, -0.2) is 68.2 Å². The Morgan fingerprint density at radius 3 is 2.00 bits per heavy atom. The zero-order chi connectivity index (χ0) is 30.2. The van der Waals surface area contributed by atoms with E-state index in [1.165, 1.54) is 27.4 Å². The molecule has 2 aromatic carbocycles. The molecule has 2 amide bonds. The fraction of sp³-hybridized carbons (Fsp3) is 0.407. The average molecular weight is 561 g/mol. The molecule has 0 aliphatic heterocycles. The van der Waals surface area contributed by atoms with Crippen LogP contribution in [0.1, 0.15) is 37.9 Å². The number of alkyl carbamates (subject to hydrolysis) is 1. The summed E-state index contributed by atoms with van der Waals surface area (Å²) in [7, 11) is 4.18. The van der Waals surface area contributed by atoms with Crippen LogP contribution in [0.5, 0.6) is 11.5 Å². The van der Waals surface area contributed by atoms with E-state index >= 15 is 0 Å². The molecule has 0 bridgehead atoms. The Balaban J connectivity index is 2.62. The molecule has 0 saturated heterocycles. The van der Waals surface area contributed by atoms with E-state index in [1.807, 2.05) is 0 Å². The fourth-order valence-corrected chi connectivity index (χ4v) is 3.72. The number of nitrogens with two attached hydrogens (primary N) is 2. The third-order valence-electron chi connectivity index (χ3n) is 5.56. The van der Waals surface area contributed by atoms with Crippen LogP contribution in [0, 0.1) is 0 Å².